The molecule has 0 aromatic rings. The summed E-state index contributed by atoms with van der Waals surface area (Å²) in [7, 11) is 0. The molecule has 0 spiro atoms. The van der Waals surface area contributed by atoms with E-state index in [0.717, 1.165) is 19.4 Å². The van der Waals surface area contributed by atoms with Crippen LogP contribution >= 0.6 is 0 Å². The Kier molecular flexibility index (Phi) is 5.62. The minimum absolute atomic E-state index is 0.338. The van der Waals surface area contributed by atoms with E-state index in [1.54, 1.807) is 0 Å². The Balaban J connectivity index is 2.24. The smallest absolute Gasteiger partial charge is 0.103 e. The van der Waals surface area contributed by atoms with Gasteiger partial charge in [0.2, 0.25) is 0 Å². The third kappa shape index (κ3) is 4.26. The van der Waals surface area contributed by atoms with Crippen LogP contribution in [0.25, 0.3) is 0 Å². The maximum Gasteiger partial charge on any atom is 0.103 e. The molecule has 0 aromatic carbocycles. The zero-order valence-electron chi connectivity index (χ0n) is 12.6. The van der Waals surface area contributed by atoms with Gasteiger partial charge in [-0.15, -0.1) is 0 Å². The molecule has 104 valence electrons. The lowest BCUT2D eigenvalue weighted by Gasteiger charge is -2.31. The van der Waals surface area contributed by atoms with Crippen LogP contribution in [0.3, 0.4) is 0 Å². The largest absolute Gasteiger partial charge is 0.300 e. The number of hydrogen-bond acceptors (Lipinski definition) is 3. The predicted octanol–water partition coefficient (Wildman–Crippen LogP) is 2.92. The van der Waals surface area contributed by atoms with Gasteiger partial charge in [0.15, 0.2) is 0 Å². The quantitative estimate of drug-likeness (QED) is 0.707. The van der Waals surface area contributed by atoms with Crippen molar-refractivity contribution in [1.29, 1.82) is 5.26 Å². The highest BCUT2D eigenvalue weighted by atomic mass is 15.2. The molecule has 0 aliphatic carbocycles. The second kappa shape index (κ2) is 6.54. The predicted molar refractivity (Wildman–Crippen MR) is 76.4 cm³/mol. The van der Waals surface area contributed by atoms with Gasteiger partial charge < -0.3 is 0 Å². The van der Waals surface area contributed by atoms with Crippen LogP contribution in [0.15, 0.2) is 0 Å². The minimum atomic E-state index is -0.338. The lowest BCUT2D eigenvalue weighted by atomic mass is 9.96. The molecule has 1 aliphatic heterocycles. The molecule has 0 amide bonds. The number of nitrogens with one attached hydrogen (secondary N) is 1. The maximum atomic E-state index is 9.19. The fourth-order valence-corrected chi connectivity index (χ4v) is 2.93. The van der Waals surface area contributed by atoms with Crippen molar-refractivity contribution < 1.29 is 0 Å². The van der Waals surface area contributed by atoms with E-state index in [-0.39, 0.29) is 5.54 Å². The summed E-state index contributed by atoms with van der Waals surface area (Å²) in [4.78, 5) is 2.60. The van der Waals surface area contributed by atoms with Crippen LogP contribution in [-0.4, -0.2) is 35.6 Å². The zero-order chi connectivity index (χ0) is 13.6. The molecule has 0 radical (unpaired) electrons. The van der Waals surface area contributed by atoms with E-state index in [9.17, 15) is 5.26 Å². The lowest BCUT2D eigenvalue weighted by Crippen LogP contribution is -2.41. The van der Waals surface area contributed by atoms with Gasteiger partial charge in [-0.25, -0.2) is 0 Å². The Hall–Kier alpha value is -0.590. The highest BCUT2D eigenvalue weighted by Crippen LogP contribution is 2.28. The van der Waals surface area contributed by atoms with Crippen molar-refractivity contribution in [2.45, 2.75) is 70.9 Å². The average Bonchev–Trinajstić information content (AvgIpc) is 2.65. The Bertz CT molecular complexity index is 293. The summed E-state index contributed by atoms with van der Waals surface area (Å²) in [5.74, 6) is 0. The molecule has 3 nitrogen and oxygen atoms in total. The van der Waals surface area contributed by atoms with Crippen LogP contribution in [-0.2, 0) is 0 Å². The van der Waals surface area contributed by atoms with Gasteiger partial charge in [-0.1, -0.05) is 6.92 Å². The second-order valence-corrected chi connectivity index (χ2v) is 6.33. The summed E-state index contributed by atoms with van der Waals surface area (Å²) in [6, 6.07) is 2.40. The van der Waals surface area contributed by atoms with E-state index in [1.807, 2.05) is 6.92 Å². The summed E-state index contributed by atoms with van der Waals surface area (Å²) < 4.78 is 0. The van der Waals surface area contributed by atoms with Crippen LogP contribution in [0, 0.1) is 11.3 Å². The molecule has 18 heavy (non-hydrogen) atoms. The number of nitrogens with zero attached hydrogens (tertiary/aromatic N) is 2. The second-order valence-electron chi connectivity index (χ2n) is 6.33. The van der Waals surface area contributed by atoms with Gasteiger partial charge >= 0.3 is 0 Å². The summed E-state index contributed by atoms with van der Waals surface area (Å²) >= 11 is 0. The molecule has 3 heteroatoms. The molecule has 1 fully saturated rings. The average molecular weight is 251 g/mol. The van der Waals surface area contributed by atoms with E-state index >= 15 is 0 Å². The first-order valence-electron chi connectivity index (χ1n) is 7.35. The van der Waals surface area contributed by atoms with E-state index < -0.39 is 0 Å². The number of likely N-dealkylation sites (tertiary alicyclic amines) is 1. The zero-order valence-corrected chi connectivity index (χ0v) is 12.6. The van der Waals surface area contributed by atoms with Crippen molar-refractivity contribution in [1.82, 2.24) is 10.2 Å². The molecule has 1 saturated heterocycles. The molecule has 1 heterocycles. The number of nitriles is 1. The summed E-state index contributed by atoms with van der Waals surface area (Å²) in [6.45, 7) is 12.0. The van der Waals surface area contributed by atoms with Crippen LogP contribution in [0.1, 0.15) is 59.8 Å². The van der Waals surface area contributed by atoms with Gasteiger partial charge in [-0.3, -0.25) is 10.2 Å². The van der Waals surface area contributed by atoms with Crippen LogP contribution < -0.4 is 5.32 Å². The van der Waals surface area contributed by atoms with Crippen molar-refractivity contribution >= 4 is 0 Å². The highest BCUT2D eigenvalue weighted by Gasteiger charge is 2.31. The van der Waals surface area contributed by atoms with Gasteiger partial charge in [0, 0.05) is 5.54 Å². The molecule has 1 unspecified atom stereocenters. The Morgan fingerprint density at radius 1 is 1.39 bits per heavy atom. The molecule has 0 bridgehead atoms. The van der Waals surface area contributed by atoms with Gasteiger partial charge in [-0.05, 0) is 72.5 Å². The van der Waals surface area contributed by atoms with Crippen LogP contribution in [0.2, 0.25) is 0 Å². The normalized spacial score (nSPS) is 22.6. The number of hydrogen-bond donors (Lipinski definition) is 1. The van der Waals surface area contributed by atoms with E-state index in [1.165, 1.54) is 32.4 Å². The molecule has 0 aromatic heterocycles. The topological polar surface area (TPSA) is 39.1 Å². The monoisotopic (exact) mass is 251 g/mol. The van der Waals surface area contributed by atoms with E-state index in [4.69, 9.17) is 0 Å². The molecule has 1 aliphatic rings. The first kappa shape index (κ1) is 15.5. The Morgan fingerprint density at radius 2 is 2.11 bits per heavy atom. The molecular weight excluding hydrogens is 222 g/mol. The number of unbranched alkanes of at least 4 members (excludes halogenated alkanes) is 1. The standard InChI is InChI=1S/C15H29N3/c1-5-17-15(4,13-16)10-6-7-11-18-12-8-9-14(18,2)3/h17H,5-12H2,1-4H3. The number of rotatable bonds is 7. The van der Waals surface area contributed by atoms with Crippen LogP contribution in [0.4, 0.5) is 0 Å². The molecule has 1 N–H and O–H groups in total. The first-order valence-corrected chi connectivity index (χ1v) is 7.35. The van der Waals surface area contributed by atoms with Gasteiger partial charge in [-0.2, -0.15) is 5.26 Å². The van der Waals surface area contributed by atoms with Gasteiger partial charge in [0.25, 0.3) is 0 Å². The van der Waals surface area contributed by atoms with Crippen molar-refractivity contribution in [3.05, 3.63) is 0 Å². The van der Waals surface area contributed by atoms with E-state index in [2.05, 4.69) is 37.1 Å². The van der Waals surface area contributed by atoms with Crippen molar-refractivity contribution in [3.63, 3.8) is 0 Å². The van der Waals surface area contributed by atoms with Gasteiger partial charge in [0.05, 0.1) is 6.07 Å². The highest BCUT2D eigenvalue weighted by molar-refractivity contribution is 5.03. The maximum absolute atomic E-state index is 9.19. The van der Waals surface area contributed by atoms with Crippen molar-refractivity contribution in [3.8, 4) is 6.07 Å². The minimum Gasteiger partial charge on any atom is -0.300 e. The summed E-state index contributed by atoms with van der Waals surface area (Å²) in [5.41, 5.74) is 0.0511. The fourth-order valence-electron chi connectivity index (χ4n) is 2.93. The summed E-state index contributed by atoms with van der Waals surface area (Å²) in [5, 5.41) is 12.5. The first-order chi connectivity index (χ1) is 8.43. The van der Waals surface area contributed by atoms with E-state index in [0.29, 0.717) is 5.54 Å². The Labute approximate surface area is 113 Å². The SMILES string of the molecule is CCNC(C)(C#N)CCCCN1CCCC1(C)C. The van der Waals surface area contributed by atoms with Crippen molar-refractivity contribution in [2.24, 2.45) is 0 Å². The molecule has 1 rings (SSSR count). The third-order valence-corrected chi connectivity index (χ3v) is 4.24. The Morgan fingerprint density at radius 3 is 2.61 bits per heavy atom. The summed E-state index contributed by atoms with van der Waals surface area (Å²) in [6.07, 6.45) is 5.93. The fraction of sp³-hybridized carbons (Fsp3) is 0.933. The lowest BCUT2D eigenvalue weighted by molar-refractivity contribution is 0.170. The van der Waals surface area contributed by atoms with Crippen LogP contribution in [0.5, 0.6) is 0 Å². The van der Waals surface area contributed by atoms with Crippen molar-refractivity contribution in [2.75, 3.05) is 19.6 Å². The van der Waals surface area contributed by atoms with Gasteiger partial charge in [0.1, 0.15) is 5.54 Å². The molecular formula is C15H29N3. The molecule has 0 saturated carbocycles. The third-order valence-electron chi connectivity index (χ3n) is 4.24. The molecule has 1 atom stereocenters.